The zero-order valence-electron chi connectivity index (χ0n) is 17.3. The number of esters is 1. The lowest BCUT2D eigenvalue weighted by Crippen LogP contribution is -2.28. The summed E-state index contributed by atoms with van der Waals surface area (Å²) in [6, 6.07) is 8.07. The molecule has 0 spiro atoms. The molecule has 2 aromatic heterocycles. The van der Waals surface area contributed by atoms with Crippen LogP contribution in [0.4, 0.5) is 10.2 Å². The average Bonchev–Trinajstić information content (AvgIpc) is 3.20. The van der Waals surface area contributed by atoms with Gasteiger partial charge in [-0.05, 0) is 43.7 Å². The Morgan fingerprint density at radius 3 is 2.68 bits per heavy atom. The third-order valence-electron chi connectivity index (χ3n) is 5.28. The standard InChI is InChI=1S/C22H23FN4O4/c1-3-31-22(29)17-12-27(14-4-6-15(30-2)7-5-14)20-16(19(17)28)10-18(23)21(25-20)26-9-8-13(24)11-26/h4-7,10,12-13H,3,8-9,11,24H2,1-2H3. The van der Waals surface area contributed by atoms with Crippen molar-refractivity contribution in [1.29, 1.82) is 0 Å². The van der Waals surface area contributed by atoms with E-state index in [0.717, 1.165) is 12.5 Å². The number of fused-ring (bicyclic) bond motifs is 1. The molecule has 0 bridgehead atoms. The number of benzene rings is 1. The summed E-state index contributed by atoms with van der Waals surface area (Å²) in [6.07, 6.45) is 2.11. The van der Waals surface area contributed by atoms with E-state index in [1.165, 1.54) is 6.20 Å². The van der Waals surface area contributed by atoms with Crippen molar-refractivity contribution in [3.8, 4) is 11.4 Å². The quantitative estimate of drug-likeness (QED) is 0.625. The molecule has 0 saturated carbocycles. The van der Waals surface area contributed by atoms with Crippen LogP contribution in [0, 0.1) is 5.82 Å². The summed E-state index contributed by atoms with van der Waals surface area (Å²) in [6.45, 7) is 2.81. The van der Waals surface area contributed by atoms with Crippen molar-refractivity contribution in [2.24, 2.45) is 5.73 Å². The molecule has 2 N–H and O–H groups in total. The van der Waals surface area contributed by atoms with E-state index in [1.807, 2.05) is 0 Å². The monoisotopic (exact) mass is 426 g/mol. The van der Waals surface area contributed by atoms with Crippen molar-refractivity contribution in [1.82, 2.24) is 9.55 Å². The van der Waals surface area contributed by atoms with Gasteiger partial charge in [0.25, 0.3) is 0 Å². The molecule has 8 nitrogen and oxygen atoms in total. The van der Waals surface area contributed by atoms with Crippen LogP contribution in [0.15, 0.2) is 41.3 Å². The molecule has 0 amide bonds. The lowest BCUT2D eigenvalue weighted by atomic mass is 10.1. The van der Waals surface area contributed by atoms with Gasteiger partial charge in [0.2, 0.25) is 5.43 Å². The molecule has 0 radical (unpaired) electrons. The fourth-order valence-corrected chi connectivity index (χ4v) is 3.71. The summed E-state index contributed by atoms with van der Waals surface area (Å²) in [5.74, 6) is -0.635. The van der Waals surface area contributed by atoms with Crippen LogP contribution in [0.3, 0.4) is 0 Å². The Bertz CT molecular complexity index is 1190. The molecular weight excluding hydrogens is 403 g/mol. The van der Waals surface area contributed by atoms with E-state index in [1.54, 1.807) is 47.8 Å². The number of rotatable bonds is 5. The number of ether oxygens (including phenoxy) is 2. The van der Waals surface area contributed by atoms with E-state index in [-0.39, 0.29) is 35.1 Å². The minimum Gasteiger partial charge on any atom is -0.497 e. The summed E-state index contributed by atoms with van der Waals surface area (Å²) >= 11 is 0. The number of halogens is 1. The molecule has 1 aliphatic rings. The van der Waals surface area contributed by atoms with Crippen molar-refractivity contribution in [3.05, 3.63) is 58.1 Å². The number of nitrogens with zero attached hydrogens (tertiary/aromatic N) is 3. The number of aromatic nitrogens is 2. The number of methoxy groups -OCH3 is 1. The first-order valence-electron chi connectivity index (χ1n) is 10.0. The third-order valence-corrected chi connectivity index (χ3v) is 5.28. The highest BCUT2D eigenvalue weighted by molar-refractivity contribution is 5.94. The summed E-state index contributed by atoms with van der Waals surface area (Å²) in [7, 11) is 1.56. The van der Waals surface area contributed by atoms with Gasteiger partial charge in [-0.3, -0.25) is 4.79 Å². The predicted octanol–water partition coefficient (Wildman–Crippen LogP) is 2.25. The zero-order chi connectivity index (χ0) is 22.1. The maximum Gasteiger partial charge on any atom is 0.343 e. The van der Waals surface area contributed by atoms with Crippen molar-refractivity contribution in [2.75, 3.05) is 31.7 Å². The largest absolute Gasteiger partial charge is 0.497 e. The fourth-order valence-electron chi connectivity index (χ4n) is 3.71. The summed E-state index contributed by atoms with van der Waals surface area (Å²) < 4.78 is 26.8. The molecule has 3 aromatic rings. The highest BCUT2D eigenvalue weighted by Crippen LogP contribution is 2.26. The van der Waals surface area contributed by atoms with Crippen LogP contribution in [0.5, 0.6) is 5.75 Å². The molecule has 9 heteroatoms. The van der Waals surface area contributed by atoms with Crippen LogP contribution >= 0.6 is 0 Å². The number of hydrogen-bond donors (Lipinski definition) is 1. The van der Waals surface area contributed by atoms with Gasteiger partial charge < -0.3 is 24.7 Å². The Labute approximate surface area is 178 Å². The van der Waals surface area contributed by atoms with Crippen LogP contribution in [-0.4, -0.2) is 48.4 Å². The van der Waals surface area contributed by atoms with Gasteiger partial charge in [-0.2, -0.15) is 0 Å². The highest BCUT2D eigenvalue weighted by atomic mass is 19.1. The molecule has 1 fully saturated rings. The Morgan fingerprint density at radius 2 is 2.06 bits per heavy atom. The number of carbonyl (C=O) groups is 1. The molecule has 3 heterocycles. The Hall–Kier alpha value is -3.46. The van der Waals surface area contributed by atoms with E-state index < -0.39 is 17.2 Å². The molecule has 1 atom stereocenters. The van der Waals surface area contributed by atoms with Crippen LogP contribution in [0.2, 0.25) is 0 Å². The van der Waals surface area contributed by atoms with Gasteiger partial charge in [0.15, 0.2) is 17.3 Å². The minimum atomic E-state index is -0.772. The van der Waals surface area contributed by atoms with Gasteiger partial charge in [0, 0.05) is 31.0 Å². The van der Waals surface area contributed by atoms with E-state index >= 15 is 0 Å². The SMILES string of the molecule is CCOC(=O)c1cn(-c2ccc(OC)cc2)c2nc(N3CCC(N)C3)c(F)cc2c1=O. The second kappa shape index (κ2) is 8.35. The van der Waals surface area contributed by atoms with E-state index in [2.05, 4.69) is 4.98 Å². The number of pyridine rings is 2. The van der Waals surface area contributed by atoms with Crippen molar-refractivity contribution in [3.63, 3.8) is 0 Å². The predicted molar refractivity (Wildman–Crippen MR) is 115 cm³/mol. The first-order valence-corrected chi connectivity index (χ1v) is 10.0. The maximum absolute atomic E-state index is 15.0. The first kappa shape index (κ1) is 20.8. The third kappa shape index (κ3) is 3.84. The van der Waals surface area contributed by atoms with Crippen LogP contribution in [0.1, 0.15) is 23.7 Å². The molecule has 4 rings (SSSR count). The molecular formula is C22H23FN4O4. The number of nitrogens with two attached hydrogens (primary N) is 1. The number of anilines is 1. The number of carbonyl (C=O) groups excluding carboxylic acids is 1. The molecule has 162 valence electrons. The van der Waals surface area contributed by atoms with Gasteiger partial charge in [-0.15, -0.1) is 0 Å². The average molecular weight is 426 g/mol. The zero-order valence-corrected chi connectivity index (χ0v) is 17.3. The Balaban J connectivity index is 1.97. The van der Waals surface area contributed by atoms with Crippen molar-refractivity contribution >= 4 is 22.8 Å². The van der Waals surface area contributed by atoms with Crippen molar-refractivity contribution in [2.45, 2.75) is 19.4 Å². The topological polar surface area (TPSA) is 99.7 Å². The van der Waals surface area contributed by atoms with Crippen LogP contribution in [-0.2, 0) is 4.74 Å². The maximum atomic E-state index is 15.0. The van der Waals surface area contributed by atoms with Gasteiger partial charge in [0.1, 0.15) is 11.3 Å². The van der Waals surface area contributed by atoms with E-state index in [4.69, 9.17) is 15.2 Å². The minimum absolute atomic E-state index is 0.00823. The van der Waals surface area contributed by atoms with E-state index in [0.29, 0.717) is 24.5 Å². The lowest BCUT2D eigenvalue weighted by Gasteiger charge is -2.20. The highest BCUT2D eigenvalue weighted by Gasteiger charge is 2.26. The fraction of sp³-hybridized carbons (Fsp3) is 0.318. The molecule has 31 heavy (non-hydrogen) atoms. The summed E-state index contributed by atoms with van der Waals surface area (Å²) in [4.78, 5) is 31.6. The van der Waals surface area contributed by atoms with Crippen LogP contribution in [0.25, 0.3) is 16.7 Å². The molecule has 0 aliphatic carbocycles. The van der Waals surface area contributed by atoms with E-state index in [9.17, 15) is 14.0 Å². The molecule has 1 saturated heterocycles. The smallest absolute Gasteiger partial charge is 0.343 e. The Morgan fingerprint density at radius 1 is 1.32 bits per heavy atom. The van der Waals surface area contributed by atoms with Gasteiger partial charge in [-0.25, -0.2) is 14.2 Å². The molecule has 1 unspecified atom stereocenters. The number of hydrogen-bond acceptors (Lipinski definition) is 7. The summed E-state index contributed by atoms with van der Waals surface area (Å²) in [5.41, 5.74) is 6.01. The Kier molecular flexibility index (Phi) is 5.60. The van der Waals surface area contributed by atoms with Crippen LogP contribution < -0.4 is 20.8 Å². The van der Waals surface area contributed by atoms with Gasteiger partial charge in [-0.1, -0.05) is 0 Å². The summed E-state index contributed by atoms with van der Waals surface area (Å²) in [5, 5.41) is -0.00823. The first-order chi connectivity index (χ1) is 14.9. The molecule has 1 aromatic carbocycles. The second-order valence-corrected chi connectivity index (χ2v) is 7.32. The lowest BCUT2D eigenvalue weighted by molar-refractivity contribution is 0.0524. The molecule has 1 aliphatic heterocycles. The van der Waals surface area contributed by atoms with Crippen molar-refractivity contribution < 1.29 is 18.7 Å². The van der Waals surface area contributed by atoms with Gasteiger partial charge >= 0.3 is 5.97 Å². The second-order valence-electron chi connectivity index (χ2n) is 7.32. The van der Waals surface area contributed by atoms with Gasteiger partial charge in [0.05, 0.1) is 19.1 Å². The normalized spacial score (nSPS) is 16.0.